The molecule has 0 aliphatic carbocycles. The highest BCUT2D eigenvalue weighted by molar-refractivity contribution is 7.89. The highest BCUT2D eigenvalue weighted by Gasteiger charge is 2.22. The van der Waals surface area contributed by atoms with Crippen LogP contribution in [0.15, 0.2) is 52.2 Å². The van der Waals surface area contributed by atoms with E-state index in [1.165, 1.54) is 11.3 Å². The lowest BCUT2D eigenvalue weighted by Crippen LogP contribution is -2.26. The molecule has 3 aromatic rings. The standard InChI is InChI=1S/C17H19N3O2S2/c1-12-6-4-5-7-17(12)20-14(3)16(10-18-20)13(2)19-24(21,22)15-8-9-23-11-15/h4-11,13,19H,1-3H3/t13-/m1/s1. The summed E-state index contributed by atoms with van der Waals surface area (Å²) in [5.41, 5.74) is 3.89. The lowest BCUT2D eigenvalue weighted by atomic mass is 10.1. The fourth-order valence-electron chi connectivity index (χ4n) is 2.66. The molecule has 0 aliphatic rings. The number of nitrogens with zero attached hydrogens (tertiary/aromatic N) is 2. The minimum absolute atomic E-state index is 0.295. The van der Waals surface area contributed by atoms with Crippen LogP contribution >= 0.6 is 11.3 Å². The van der Waals surface area contributed by atoms with Crippen molar-refractivity contribution in [3.05, 3.63) is 64.1 Å². The summed E-state index contributed by atoms with van der Waals surface area (Å²) in [6.07, 6.45) is 1.72. The topological polar surface area (TPSA) is 64.0 Å². The molecule has 0 spiro atoms. The molecule has 3 rings (SSSR count). The van der Waals surface area contributed by atoms with E-state index in [0.717, 1.165) is 22.5 Å². The van der Waals surface area contributed by atoms with Crippen LogP contribution in [0.4, 0.5) is 0 Å². The van der Waals surface area contributed by atoms with Crippen molar-refractivity contribution in [3.8, 4) is 5.69 Å². The lowest BCUT2D eigenvalue weighted by Gasteiger charge is -2.14. The number of thiophene rings is 1. The van der Waals surface area contributed by atoms with E-state index in [2.05, 4.69) is 9.82 Å². The molecule has 126 valence electrons. The van der Waals surface area contributed by atoms with E-state index in [1.54, 1.807) is 23.0 Å². The van der Waals surface area contributed by atoms with Gasteiger partial charge in [-0.05, 0) is 43.8 Å². The molecule has 0 saturated carbocycles. The van der Waals surface area contributed by atoms with Gasteiger partial charge in [0.15, 0.2) is 0 Å². The maximum Gasteiger partial charge on any atom is 0.241 e. The van der Waals surface area contributed by atoms with Crippen LogP contribution in [0.2, 0.25) is 0 Å². The average molecular weight is 361 g/mol. The summed E-state index contributed by atoms with van der Waals surface area (Å²) in [6, 6.07) is 9.21. The molecule has 0 aliphatic heterocycles. The fraction of sp³-hybridized carbons (Fsp3) is 0.235. The van der Waals surface area contributed by atoms with Gasteiger partial charge in [-0.3, -0.25) is 0 Å². The molecule has 0 amide bonds. The number of nitrogens with one attached hydrogen (secondary N) is 1. The summed E-state index contributed by atoms with van der Waals surface area (Å²) in [5.74, 6) is 0. The molecule has 24 heavy (non-hydrogen) atoms. The van der Waals surface area contributed by atoms with E-state index in [4.69, 9.17) is 0 Å². The van der Waals surface area contributed by atoms with Crippen LogP contribution in [0.25, 0.3) is 5.69 Å². The van der Waals surface area contributed by atoms with E-state index in [0.29, 0.717) is 4.90 Å². The number of benzene rings is 1. The predicted octanol–water partition coefficient (Wildman–Crippen LogP) is 3.59. The van der Waals surface area contributed by atoms with Gasteiger partial charge in [0, 0.05) is 22.7 Å². The second-order valence-electron chi connectivity index (χ2n) is 5.69. The summed E-state index contributed by atoms with van der Waals surface area (Å²) < 4.78 is 29.3. The fourth-order valence-corrected chi connectivity index (χ4v) is 4.91. The van der Waals surface area contributed by atoms with Gasteiger partial charge in [0.05, 0.1) is 16.8 Å². The Morgan fingerprint density at radius 1 is 1.21 bits per heavy atom. The van der Waals surface area contributed by atoms with Crippen molar-refractivity contribution in [2.45, 2.75) is 31.7 Å². The quantitative estimate of drug-likeness (QED) is 0.755. The Bertz CT molecular complexity index is 944. The number of rotatable bonds is 5. The van der Waals surface area contributed by atoms with Gasteiger partial charge in [0.2, 0.25) is 10.0 Å². The molecule has 0 bridgehead atoms. The molecule has 2 heterocycles. The zero-order chi connectivity index (χ0) is 17.3. The van der Waals surface area contributed by atoms with Crippen LogP contribution < -0.4 is 4.72 Å². The summed E-state index contributed by atoms with van der Waals surface area (Å²) >= 11 is 1.36. The third kappa shape index (κ3) is 3.15. The Morgan fingerprint density at radius 2 is 1.96 bits per heavy atom. The molecule has 0 unspecified atom stereocenters. The zero-order valence-electron chi connectivity index (χ0n) is 13.7. The molecule has 0 fully saturated rings. The summed E-state index contributed by atoms with van der Waals surface area (Å²) in [5, 5.41) is 7.82. The zero-order valence-corrected chi connectivity index (χ0v) is 15.4. The Balaban J connectivity index is 1.90. The Labute approximate surface area is 146 Å². The minimum atomic E-state index is -3.52. The van der Waals surface area contributed by atoms with Gasteiger partial charge in [0.25, 0.3) is 0 Å². The van der Waals surface area contributed by atoms with Crippen molar-refractivity contribution in [2.24, 2.45) is 0 Å². The van der Waals surface area contributed by atoms with Crippen molar-refractivity contribution in [2.75, 3.05) is 0 Å². The molecule has 1 aromatic carbocycles. The second-order valence-corrected chi connectivity index (χ2v) is 8.18. The highest BCUT2D eigenvalue weighted by atomic mass is 32.2. The number of aryl methyl sites for hydroxylation is 1. The van der Waals surface area contributed by atoms with Gasteiger partial charge < -0.3 is 0 Å². The Kier molecular flexibility index (Phi) is 4.58. The van der Waals surface area contributed by atoms with Crippen molar-refractivity contribution < 1.29 is 8.42 Å². The van der Waals surface area contributed by atoms with Crippen LogP contribution in [0.5, 0.6) is 0 Å². The maximum atomic E-state index is 12.4. The molecular formula is C17H19N3O2S2. The van der Waals surface area contributed by atoms with Crippen molar-refractivity contribution in [3.63, 3.8) is 0 Å². The third-order valence-corrected chi connectivity index (χ3v) is 6.37. The summed E-state index contributed by atoms with van der Waals surface area (Å²) in [6.45, 7) is 5.80. The van der Waals surface area contributed by atoms with Gasteiger partial charge >= 0.3 is 0 Å². The van der Waals surface area contributed by atoms with Crippen LogP contribution in [0.3, 0.4) is 0 Å². The maximum absolute atomic E-state index is 12.4. The number of hydrogen-bond acceptors (Lipinski definition) is 4. The van der Waals surface area contributed by atoms with Gasteiger partial charge in [0.1, 0.15) is 0 Å². The molecule has 5 nitrogen and oxygen atoms in total. The first kappa shape index (κ1) is 16.9. The van der Waals surface area contributed by atoms with Gasteiger partial charge in [-0.15, -0.1) is 0 Å². The van der Waals surface area contributed by atoms with Crippen LogP contribution in [-0.2, 0) is 10.0 Å². The smallest absolute Gasteiger partial charge is 0.238 e. The van der Waals surface area contributed by atoms with E-state index in [1.807, 2.05) is 49.7 Å². The van der Waals surface area contributed by atoms with E-state index < -0.39 is 10.0 Å². The molecule has 7 heteroatoms. The monoisotopic (exact) mass is 361 g/mol. The Hall–Kier alpha value is -1.96. The van der Waals surface area contributed by atoms with Crippen LogP contribution in [0.1, 0.15) is 29.8 Å². The molecule has 0 radical (unpaired) electrons. The van der Waals surface area contributed by atoms with E-state index >= 15 is 0 Å². The first-order valence-corrected chi connectivity index (χ1v) is 9.98. The van der Waals surface area contributed by atoms with Crippen molar-refractivity contribution in [1.29, 1.82) is 0 Å². The third-order valence-electron chi connectivity index (χ3n) is 4.00. The van der Waals surface area contributed by atoms with Crippen LogP contribution in [0, 0.1) is 13.8 Å². The SMILES string of the molecule is Cc1ccccc1-n1ncc([C@@H](C)NS(=O)(=O)c2ccsc2)c1C. The average Bonchev–Trinajstić information content (AvgIpc) is 3.17. The number of sulfonamides is 1. The van der Waals surface area contributed by atoms with Crippen molar-refractivity contribution in [1.82, 2.24) is 14.5 Å². The molecule has 0 saturated heterocycles. The summed E-state index contributed by atoms with van der Waals surface area (Å²) in [7, 11) is -3.52. The normalized spacial score (nSPS) is 13.1. The van der Waals surface area contributed by atoms with E-state index in [-0.39, 0.29) is 6.04 Å². The van der Waals surface area contributed by atoms with Gasteiger partial charge in [-0.2, -0.15) is 16.4 Å². The molecular weight excluding hydrogens is 342 g/mol. The molecule has 2 aromatic heterocycles. The molecule has 1 atom stereocenters. The second kappa shape index (κ2) is 6.51. The molecule has 1 N–H and O–H groups in total. The summed E-state index contributed by atoms with van der Waals surface area (Å²) in [4.78, 5) is 0.295. The predicted molar refractivity (Wildman–Crippen MR) is 96.1 cm³/mol. The van der Waals surface area contributed by atoms with E-state index in [9.17, 15) is 8.42 Å². The largest absolute Gasteiger partial charge is 0.241 e. The van der Waals surface area contributed by atoms with Crippen LogP contribution in [-0.4, -0.2) is 18.2 Å². The number of aromatic nitrogens is 2. The highest BCUT2D eigenvalue weighted by Crippen LogP contribution is 2.24. The lowest BCUT2D eigenvalue weighted by molar-refractivity contribution is 0.567. The van der Waals surface area contributed by atoms with Crippen molar-refractivity contribution >= 4 is 21.4 Å². The number of hydrogen-bond donors (Lipinski definition) is 1. The number of para-hydroxylation sites is 1. The van der Waals surface area contributed by atoms with Gasteiger partial charge in [-0.1, -0.05) is 18.2 Å². The first-order chi connectivity index (χ1) is 11.4. The minimum Gasteiger partial charge on any atom is -0.238 e. The Morgan fingerprint density at radius 3 is 2.62 bits per heavy atom. The first-order valence-electron chi connectivity index (χ1n) is 7.55. The van der Waals surface area contributed by atoms with Gasteiger partial charge in [-0.25, -0.2) is 17.8 Å².